The maximum absolute atomic E-state index is 13.0. The fourth-order valence-corrected chi connectivity index (χ4v) is 5.09. The Bertz CT molecular complexity index is 1070. The first-order chi connectivity index (χ1) is 17.4. The van der Waals surface area contributed by atoms with Crippen molar-refractivity contribution in [1.29, 1.82) is 0 Å². The summed E-state index contributed by atoms with van der Waals surface area (Å²) in [7, 11) is 6.98. The minimum absolute atomic E-state index is 0.0287. The molecule has 1 aliphatic heterocycles. The molecule has 2 aromatic rings. The van der Waals surface area contributed by atoms with E-state index >= 15 is 0 Å². The predicted octanol–water partition coefficient (Wildman–Crippen LogP) is 2.42. The third-order valence-electron chi connectivity index (χ3n) is 7.27. The Hall–Kier alpha value is -3.26. The molecule has 1 unspecified atom stereocenters. The zero-order chi connectivity index (χ0) is 25.7. The van der Waals surface area contributed by atoms with Crippen molar-refractivity contribution in [1.82, 2.24) is 15.1 Å². The number of ether oxygens (including phenoxy) is 3. The van der Waals surface area contributed by atoms with Gasteiger partial charge in [0.25, 0.3) is 5.91 Å². The first-order valence-electron chi connectivity index (χ1n) is 12.6. The summed E-state index contributed by atoms with van der Waals surface area (Å²) in [5.74, 6) is 2.74. The van der Waals surface area contributed by atoms with Crippen LogP contribution in [0.15, 0.2) is 30.3 Å². The molecule has 0 spiro atoms. The highest BCUT2D eigenvalue weighted by Crippen LogP contribution is 2.38. The van der Waals surface area contributed by atoms with E-state index in [1.807, 2.05) is 29.2 Å². The molecule has 0 aromatic heterocycles. The molecule has 8 nitrogen and oxygen atoms in total. The normalized spacial score (nSPS) is 16.4. The van der Waals surface area contributed by atoms with E-state index < -0.39 is 0 Å². The summed E-state index contributed by atoms with van der Waals surface area (Å²) >= 11 is 0. The van der Waals surface area contributed by atoms with Gasteiger partial charge in [-0.2, -0.15) is 0 Å². The van der Waals surface area contributed by atoms with Crippen molar-refractivity contribution < 1.29 is 23.8 Å². The molecule has 194 valence electrons. The Morgan fingerprint density at radius 3 is 2.28 bits per heavy atom. The van der Waals surface area contributed by atoms with E-state index in [4.69, 9.17) is 14.2 Å². The van der Waals surface area contributed by atoms with Crippen LogP contribution in [0.5, 0.6) is 17.2 Å². The fraction of sp³-hybridized carbons (Fsp3) is 0.500. The standard InChI is InChI=1S/C28H37N3O5/c1-29-27(32)18-36-23-5-6-24-21(14-23)13-22(24)17-30(2)10-9-28(33)31-11-7-19-15-25(34-3)26(35-4)16-20(19)8-12-31/h5-6,14-16,22H,7-13,17-18H2,1-4H3,(H,29,32). The summed E-state index contributed by atoms with van der Waals surface area (Å²) in [5.41, 5.74) is 5.06. The van der Waals surface area contributed by atoms with Crippen molar-refractivity contribution in [3.05, 3.63) is 52.6 Å². The quantitative estimate of drug-likeness (QED) is 0.545. The summed E-state index contributed by atoms with van der Waals surface area (Å²) in [6, 6.07) is 10.1. The number of nitrogens with one attached hydrogen (secondary N) is 1. The summed E-state index contributed by atoms with van der Waals surface area (Å²) in [4.78, 5) is 28.6. The van der Waals surface area contributed by atoms with E-state index in [9.17, 15) is 9.59 Å². The van der Waals surface area contributed by atoms with Gasteiger partial charge < -0.3 is 29.3 Å². The van der Waals surface area contributed by atoms with Gasteiger partial charge in [0.2, 0.25) is 5.91 Å². The molecule has 1 heterocycles. The number of carbonyl (C=O) groups excluding carboxylic acids is 2. The smallest absolute Gasteiger partial charge is 0.257 e. The largest absolute Gasteiger partial charge is 0.493 e. The number of fused-ring (bicyclic) bond motifs is 2. The molecule has 1 atom stereocenters. The number of rotatable bonds is 10. The van der Waals surface area contributed by atoms with Crippen LogP contribution in [0.2, 0.25) is 0 Å². The third kappa shape index (κ3) is 5.93. The van der Waals surface area contributed by atoms with Crippen LogP contribution in [0.25, 0.3) is 0 Å². The highest BCUT2D eigenvalue weighted by molar-refractivity contribution is 5.77. The van der Waals surface area contributed by atoms with Crippen LogP contribution in [-0.2, 0) is 28.9 Å². The number of nitrogens with zero attached hydrogens (tertiary/aromatic N) is 2. The Labute approximate surface area is 213 Å². The lowest BCUT2D eigenvalue weighted by atomic mass is 9.77. The van der Waals surface area contributed by atoms with Gasteiger partial charge in [-0.25, -0.2) is 0 Å². The van der Waals surface area contributed by atoms with Gasteiger partial charge in [0.1, 0.15) is 5.75 Å². The van der Waals surface area contributed by atoms with Gasteiger partial charge in [0, 0.05) is 45.6 Å². The molecule has 2 amide bonds. The van der Waals surface area contributed by atoms with E-state index in [-0.39, 0.29) is 18.4 Å². The summed E-state index contributed by atoms with van der Waals surface area (Å²) in [6.45, 7) is 3.14. The average molecular weight is 496 g/mol. The van der Waals surface area contributed by atoms with E-state index in [1.54, 1.807) is 21.3 Å². The van der Waals surface area contributed by atoms with Crippen molar-refractivity contribution in [2.24, 2.45) is 0 Å². The van der Waals surface area contributed by atoms with Crippen molar-refractivity contribution in [3.63, 3.8) is 0 Å². The SMILES string of the molecule is CNC(=O)COc1ccc2c(c1)CC2CN(C)CCC(=O)N1CCc2cc(OC)c(OC)cc2CC1. The summed E-state index contributed by atoms with van der Waals surface area (Å²) in [5, 5.41) is 2.55. The van der Waals surface area contributed by atoms with Gasteiger partial charge in [-0.15, -0.1) is 0 Å². The zero-order valence-corrected chi connectivity index (χ0v) is 21.8. The van der Waals surface area contributed by atoms with Crippen molar-refractivity contribution in [2.75, 3.05) is 61.1 Å². The number of benzene rings is 2. The van der Waals surface area contributed by atoms with Gasteiger partial charge >= 0.3 is 0 Å². The van der Waals surface area contributed by atoms with Crippen molar-refractivity contribution in [2.45, 2.75) is 31.6 Å². The average Bonchev–Trinajstić information content (AvgIpc) is 3.10. The molecule has 0 bridgehead atoms. The van der Waals surface area contributed by atoms with Gasteiger partial charge in [-0.3, -0.25) is 9.59 Å². The highest BCUT2D eigenvalue weighted by atomic mass is 16.5. The van der Waals surface area contributed by atoms with E-state index in [0.29, 0.717) is 12.3 Å². The lowest BCUT2D eigenvalue weighted by Gasteiger charge is -2.34. The van der Waals surface area contributed by atoms with Crippen LogP contribution < -0.4 is 19.5 Å². The Kier molecular flexibility index (Phi) is 8.36. The van der Waals surface area contributed by atoms with Gasteiger partial charge in [0.15, 0.2) is 18.1 Å². The predicted molar refractivity (Wildman–Crippen MR) is 138 cm³/mol. The van der Waals surface area contributed by atoms with Crippen molar-refractivity contribution in [3.8, 4) is 17.2 Å². The molecule has 0 saturated heterocycles. The maximum Gasteiger partial charge on any atom is 0.257 e. The van der Waals surface area contributed by atoms with Crippen LogP contribution in [0.4, 0.5) is 0 Å². The van der Waals surface area contributed by atoms with Crippen LogP contribution in [0, 0.1) is 0 Å². The summed E-state index contributed by atoms with van der Waals surface area (Å²) < 4.78 is 16.4. The molecule has 0 saturated carbocycles. The third-order valence-corrected chi connectivity index (χ3v) is 7.27. The number of hydrogen-bond acceptors (Lipinski definition) is 6. The molecule has 36 heavy (non-hydrogen) atoms. The van der Waals surface area contributed by atoms with E-state index in [1.165, 1.54) is 22.3 Å². The van der Waals surface area contributed by atoms with Gasteiger partial charge in [-0.05, 0) is 72.8 Å². The Morgan fingerprint density at radius 2 is 1.69 bits per heavy atom. The topological polar surface area (TPSA) is 80.3 Å². The monoisotopic (exact) mass is 495 g/mol. The lowest BCUT2D eigenvalue weighted by molar-refractivity contribution is -0.131. The van der Waals surface area contributed by atoms with Crippen LogP contribution in [-0.4, -0.2) is 82.7 Å². The molecule has 8 heteroatoms. The van der Waals surface area contributed by atoms with E-state index in [0.717, 1.165) is 62.7 Å². The molecule has 1 aliphatic carbocycles. The summed E-state index contributed by atoms with van der Waals surface area (Å²) in [6.07, 6.45) is 3.16. The van der Waals surface area contributed by atoms with Crippen molar-refractivity contribution >= 4 is 11.8 Å². The number of amides is 2. The second-order valence-corrected chi connectivity index (χ2v) is 9.59. The fourth-order valence-electron chi connectivity index (χ4n) is 5.09. The molecule has 2 aromatic carbocycles. The molecular weight excluding hydrogens is 458 g/mol. The van der Waals surface area contributed by atoms with Crippen LogP contribution in [0.1, 0.15) is 34.6 Å². The first-order valence-corrected chi connectivity index (χ1v) is 12.6. The lowest BCUT2D eigenvalue weighted by Crippen LogP contribution is -2.37. The van der Waals surface area contributed by atoms with Gasteiger partial charge in [0.05, 0.1) is 14.2 Å². The van der Waals surface area contributed by atoms with Gasteiger partial charge in [-0.1, -0.05) is 6.07 Å². The number of hydrogen-bond donors (Lipinski definition) is 1. The maximum atomic E-state index is 13.0. The second kappa shape index (κ2) is 11.6. The van der Waals surface area contributed by atoms with E-state index in [2.05, 4.69) is 23.3 Å². The minimum atomic E-state index is -0.142. The molecule has 2 aliphatic rings. The Balaban J connectivity index is 1.23. The van der Waals surface area contributed by atoms with Crippen LogP contribution >= 0.6 is 0 Å². The second-order valence-electron chi connectivity index (χ2n) is 9.59. The molecular formula is C28H37N3O5. The Morgan fingerprint density at radius 1 is 1.03 bits per heavy atom. The number of carbonyl (C=O) groups is 2. The number of methoxy groups -OCH3 is 2. The van der Waals surface area contributed by atoms with Crippen LogP contribution in [0.3, 0.4) is 0 Å². The minimum Gasteiger partial charge on any atom is -0.493 e. The zero-order valence-electron chi connectivity index (χ0n) is 21.8. The first kappa shape index (κ1) is 25.8. The number of likely N-dealkylation sites (N-methyl/N-ethyl adjacent to an activating group) is 2. The highest BCUT2D eigenvalue weighted by Gasteiger charge is 2.28. The molecule has 0 radical (unpaired) electrons. The molecule has 0 fully saturated rings. The molecule has 1 N–H and O–H groups in total. The molecule has 4 rings (SSSR count).